The van der Waals surface area contributed by atoms with E-state index in [1.54, 1.807) is 0 Å². The summed E-state index contributed by atoms with van der Waals surface area (Å²) in [6.07, 6.45) is 6.65. The first-order valence-electron chi connectivity index (χ1n) is 16.5. The molecule has 15 heteroatoms. The summed E-state index contributed by atoms with van der Waals surface area (Å²) >= 11 is 7.55. The third-order valence-electron chi connectivity index (χ3n) is 9.92. The number of fused-ring (bicyclic) bond motifs is 6. The Balaban J connectivity index is 0.000000149. The number of nitrogen functional groups attached to an aromatic ring is 1. The molecule has 10 rings (SSSR count). The largest absolute Gasteiger partial charge is 0.489 e. The van der Waals surface area contributed by atoms with E-state index in [1.165, 1.54) is 37.6 Å². The summed E-state index contributed by atoms with van der Waals surface area (Å²) in [5.41, 5.74) is 7.42. The smallest absolute Gasteiger partial charge is 0.318 e. The number of thiophene rings is 1. The van der Waals surface area contributed by atoms with Crippen molar-refractivity contribution >= 4 is 60.6 Å². The molecule has 0 bridgehead atoms. The molecule has 51 heavy (non-hydrogen) atoms. The van der Waals surface area contributed by atoms with Gasteiger partial charge in [0.25, 0.3) is 0 Å². The van der Waals surface area contributed by atoms with Gasteiger partial charge < -0.3 is 25.4 Å². The average Bonchev–Trinajstić information content (AvgIpc) is 3.24. The van der Waals surface area contributed by atoms with Crippen LogP contribution in [-0.4, -0.2) is 71.5 Å². The van der Waals surface area contributed by atoms with Crippen molar-refractivity contribution in [2.45, 2.75) is 43.6 Å². The van der Waals surface area contributed by atoms with E-state index in [9.17, 15) is 14.0 Å². The second kappa shape index (κ2) is 13.0. The van der Waals surface area contributed by atoms with E-state index in [1.807, 2.05) is 24.4 Å². The number of benzene rings is 2. The monoisotopic (exact) mass is 732 g/mol. The zero-order valence-corrected chi connectivity index (χ0v) is 29.0. The van der Waals surface area contributed by atoms with E-state index in [0.717, 1.165) is 30.1 Å². The quantitative estimate of drug-likeness (QED) is 0.143. The van der Waals surface area contributed by atoms with Crippen molar-refractivity contribution in [3.63, 3.8) is 0 Å². The average molecular weight is 733 g/mol. The second-order valence-corrected chi connectivity index (χ2v) is 14.2. The third kappa shape index (κ3) is 5.46. The molecule has 0 saturated carbocycles. The van der Waals surface area contributed by atoms with Gasteiger partial charge in [-0.1, -0.05) is 29.8 Å². The summed E-state index contributed by atoms with van der Waals surface area (Å²) < 4.78 is 54.1. The molecule has 8 heterocycles. The number of hydrogen-bond acceptors (Lipinski definition) is 11. The fraction of sp³-hybridized carbons (Fsp3) is 0.333. The lowest BCUT2D eigenvalue weighted by molar-refractivity contribution is 0.292. The van der Waals surface area contributed by atoms with Crippen molar-refractivity contribution in [1.82, 2.24) is 19.9 Å². The summed E-state index contributed by atoms with van der Waals surface area (Å²) in [7, 11) is 1.37. The van der Waals surface area contributed by atoms with Crippen LogP contribution in [0.3, 0.4) is 0 Å². The summed E-state index contributed by atoms with van der Waals surface area (Å²) in [5.74, 6) is 0.319. The Morgan fingerprint density at radius 2 is 2.10 bits per heavy atom. The molecule has 5 aliphatic rings. The molecule has 262 valence electrons. The predicted molar refractivity (Wildman–Crippen MR) is 192 cm³/mol. The zero-order valence-electron chi connectivity index (χ0n) is 27.4. The Labute approximate surface area is 300 Å². The highest BCUT2D eigenvalue weighted by molar-refractivity contribution is 7.23. The van der Waals surface area contributed by atoms with Crippen molar-refractivity contribution in [3.8, 4) is 29.0 Å². The predicted octanol–water partition coefficient (Wildman–Crippen LogP) is 7.41. The highest BCUT2D eigenvalue weighted by Gasteiger charge is 2.57. The zero-order chi connectivity index (χ0) is 35.6. The van der Waals surface area contributed by atoms with Gasteiger partial charge in [0.2, 0.25) is 0 Å². The first-order valence-corrected chi connectivity index (χ1v) is 17.7. The number of methoxy groups -OCH3 is 1. The maximum Gasteiger partial charge on any atom is 0.318 e. The van der Waals surface area contributed by atoms with E-state index < -0.39 is 17.8 Å². The number of aromatic nitrogens is 3. The SMILES string of the molecule is C=CC1C2c3cccnc3N12.COc1nc2c3c(c(Cl)c(-c4ccc(F)c5sc(N)c(C#N)c45)c(F)c3n1)OCCN2.FC1CC2CCCN2C1. The first-order chi connectivity index (χ1) is 24.7. The number of hydrogen-bond donors (Lipinski definition) is 2. The van der Waals surface area contributed by atoms with Gasteiger partial charge in [-0.15, -0.1) is 17.9 Å². The second-order valence-electron chi connectivity index (χ2n) is 12.8. The number of pyridine rings is 1. The number of nitrogens with one attached hydrogen (secondary N) is 1. The van der Waals surface area contributed by atoms with E-state index in [-0.39, 0.29) is 66.1 Å². The van der Waals surface area contributed by atoms with Crippen LogP contribution in [0.2, 0.25) is 5.02 Å². The molecule has 0 amide bonds. The van der Waals surface area contributed by atoms with E-state index in [4.69, 9.17) is 26.8 Å². The van der Waals surface area contributed by atoms with Crippen LogP contribution in [0, 0.1) is 23.0 Å². The molecule has 0 spiro atoms. The van der Waals surface area contributed by atoms with Crippen LogP contribution >= 0.6 is 22.9 Å². The number of alkyl halides is 1. The Kier molecular flexibility index (Phi) is 8.52. The minimum atomic E-state index is -0.778. The first kappa shape index (κ1) is 33.3. The van der Waals surface area contributed by atoms with Crippen LogP contribution in [0.15, 0.2) is 43.1 Å². The van der Waals surface area contributed by atoms with Crippen molar-refractivity contribution in [3.05, 3.63) is 70.9 Å². The Morgan fingerprint density at radius 3 is 2.84 bits per heavy atom. The molecule has 4 unspecified atom stereocenters. The Bertz CT molecular complexity index is 2220. The van der Waals surface area contributed by atoms with Gasteiger partial charge in [-0.2, -0.15) is 15.2 Å². The molecule has 3 N–H and O–H groups in total. The molecule has 5 aliphatic heterocycles. The molecule has 3 aromatic heterocycles. The number of anilines is 3. The van der Waals surface area contributed by atoms with Crippen molar-refractivity contribution in [1.29, 1.82) is 5.26 Å². The molecule has 5 aromatic rings. The standard InChI is InChI=1S/C20H12ClF2N5O2S.C9H8N2.C7H12FN/c1-29-20-27-15-12-16(30-5-4-26-19(12)28-20)13(21)11(14(15)23)7-2-3-9(22)17-10(7)8(6-24)18(25)31-17;1-2-7-8-6-4-3-5-10-9(6)11(7)8;8-6-4-7-2-1-3-9(7)5-6/h2-3H,4-5,25H2,1H3,(H,26,27,28);2-5,7-8H,1H2;6-7H,1-5H2. The summed E-state index contributed by atoms with van der Waals surface area (Å²) in [6.45, 7) is 6.28. The number of nitrogens with two attached hydrogens (primary N) is 1. The minimum Gasteiger partial charge on any atom is -0.489 e. The lowest BCUT2D eigenvalue weighted by Gasteiger charge is -2.16. The van der Waals surface area contributed by atoms with Crippen molar-refractivity contribution < 1.29 is 22.6 Å². The number of ether oxygens (including phenoxy) is 2. The summed E-state index contributed by atoms with van der Waals surface area (Å²) in [4.78, 5) is 17.2. The van der Waals surface area contributed by atoms with Crippen molar-refractivity contribution in [2.24, 2.45) is 0 Å². The molecule has 4 atom stereocenters. The number of halogens is 4. The lowest BCUT2D eigenvalue weighted by atomic mass is 9.96. The van der Waals surface area contributed by atoms with Gasteiger partial charge in [-0.05, 0) is 43.5 Å². The van der Waals surface area contributed by atoms with Crippen LogP contribution in [0.5, 0.6) is 11.8 Å². The summed E-state index contributed by atoms with van der Waals surface area (Å²) in [5, 5.41) is 13.2. The highest BCUT2D eigenvalue weighted by atomic mass is 35.5. The van der Waals surface area contributed by atoms with Gasteiger partial charge in [-0.25, -0.2) is 18.2 Å². The van der Waals surface area contributed by atoms with Gasteiger partial charge in [0.15, 0.2) is 11.6 Å². The van der Waals surface area contributed by atoms with Crippen LogP contribution in [-0.2, 0) is 0 Å². The van der Waals surface area contributed by atoms with Crippen LogP contribution < -0.4 is 25.4 Å². The van der Waals surface area contributed by atoms with E-state index in [0.29, 0.717) is 37.0 Å². The van der Waals surface area contributed by atoms with Crippen LogP contribution in [0.1, 0.15) is 36.4 Å². The van der Waals surface area contributed by atoms with Crippen molar-refractivity contribution in [2.75, 3.05) is 49.3 Å². The molecule has 2 aromatic carbocycles. The maximum absolute atomic E-state index is 15.9. The molecule has 10 nitrogen and oxygen atoms in total. The molecular weight excluding hydrogens is 701 g/mol. The molecule has 3 saturated heterocycles. The Morgan fingerprint density at radius 1 is 1.25 bits per heavy atom. The third-order valence-corrected chi connectivity index (χ3v) is 11.3. The molecular formula is C36H32ClF3N8O2S. The van der Waals surface area contributed by atoms with Crippen LogP contribution in [0.25, 0.3) is 32.1 Å². The molecule has 3 fully saturated rings. The van der Waals surface area contributed by atoms with Gasteiger partial charge in [-0.3, -0.25) is 4.90 Å². The normalized spacial score (nSPS) is 22.0. The molecule has 0 radical (unpaired) electrons. The van der Waals surface area contributed by atoms with E-state index >= 15 is 4.39 Å². The minimum absolute atomic E-state index is 0.0368. The van der Waals surface area contributed by atoms with Gasteiger partial charge in [0, 0.05) is 35.3 Å². The topological polar surface area (TPSA) is 125 Å². The van der Waals surface area contributed by atoms with Gasteiger partial charge in [0.1, 0.15) is 46.8 Å². The number of nitriles is 1. The summed E-state index contributed by atoms with van der Waals surface area (Å²) in [6, 6.07) is 10.4. The van der Waals surface area contributed by atoms with Crippen LogP contribution in [0.4, 0.5) is 29.8 Å². The Hall–Kier alpha value is -4.84. The lowest BCUT2D eigenvalue weighted by Crippen LogP contribution is -2.22. The fourth-order valence-electron chi connectivity index (χ4n) is 7.59. The maximum atomic E-state index is 15.9. The fourth-order valence-corrected chi connectivity index (χ4v) is 8.87. The number of nitrogens with zero attached hydrogens (tertiary/aromatic N) is 6. The van der Waals surface area contributed by atoms with Gasteiger partial charge >= 0.3 is 6.01 Å². The highest BCUT2D eigenvalue weighted by Crippen LogP contribution is 2.58. The number of rotatable bonds is 3. The van der Waals surface area contributed by atoms with Gasteiger partial charge in [0.05, 0.1) is 46.4 Å². The molecule has 0 aliphatic carbocycles. The van der Waals surface area contributed by atoms with E-state index in [2.05, 4.69) is 42.7 Å².